The minimum absolute atomic E-state index is 0.294. The Bertz CT molecular complexity index is 319. The molecule has 126 valence electrons. The number of rotatable bonds is 8. The number of unbranched alkanes of at least 4 members (excludes halogenated alkanes) is 1. The molecule has 0 saturated heterocycles. The second kappa shape index (κ2) is 10.3. The summed E-state index contributed by atoms with van der Waals surface area (Å²) in [5.41, 5.74) is 0. The molecule has 0 amide bonds. The van der Waals surface area contributed by atoms with Crippen molar-refractivity contribution < 1.29 is 4.74 Å². The summed E-state index contributed by atoms with van der Waals surface area (Å²) < 4.78 is 6.03. The van der Waals surface area contributed by atoms with Crippen LogP contribution in [0.2, 0.25) is 0 Å². The number of hydrogen-bond acceptors (Lipinski definition) is 2. The smallest absolute Gasteiger partial charge is 0.0655 e. The van der Waals surface area contributed by atoms with Gasteiger partial charge in [-0.15, -0.1) is 0 Å². The monoisotopic (exact) mass is 305 g/mol. The van der Waals surface area contributed by atoms with Crippen LogP contribution >= 0.6 is 0 Å². The Morgan fingerprint density at radius 3 is 2.00 bits per heavy atom. The molecule has 0 aliphatic heterocycles. The molecule has 0 spiro atoms. The molecule has 2 rings (SSSR count). The van der Waals surface area contributed by atoms with Gasteiger partial charge in [0, 0.05) is 12.5 Å². The van der Waals surface area contributed by atoms with Crippen molar-refractivity contribution in [2.45, 2.75) is 96.5 Å². The van der Waals surface area contributed by atoms with Crippen LogP contribution in [0.1, 0.15) is 90.4 Å². The van der Waals surface area contributed by atoms with Crippen LogP contribution in [0.15, 0.2) is 0 Å². The maximum Gasteiger partial charge on any atom is 0.0655 e. The minimum atomic E-state index is 0.294. The third kappa shape index (κ3) is 6.29. The fourth-order valence-electron chi connectivity index (χ4n) is 4.28. The Morgan fingerprint density at radius 1 is 0.864 bits per heavy atom. The van der Waals surface area contributed by atoms with E-state index in [-0.39, 0.29) is 0 Å². The quantitative estimate of drug-likeness (QED) is 0.526. The van der Waals surface area contributed by atoms with Crippen molar-refractivity contribution in [3.8, 4) is 6.07 Å². The lowest BCUT2D eigenvalue weighted by Gasteiger charge is -2.29. The molecule has 0 atom stereocenters. The van der Waals surface area contributed by atoms with E-state index in [4.69, 9.17) is 10.00 Å². The first kappa shape index (κ1) is 17.8. The summed E-state index contributed by atoms with van der Waals surface area (Å²) in [4.78, 5) is 0. The zero-order chi connectivity index (χ0) is 15.6. The van der Waals surface area contributed by atoms with E-state index in [1.807, 2.05) is 0 Å². The van der Waals surface area contributed by atoms with E-state index in [1.54, 1.807) is 0 Å². The van der Waals surface area contributed by atoms with E-state index < -0.39 is 0 Å². The Balaban J connectivity index is 1.47. The molecular formula is C20H35NO. The topological polar surface area (TPSA) is 33.0 Å². The van der Waals surface area contributed by atoms with Crippen LogP contribution in [-0.4, -0.2) is 12.7 Å². The van der Waals surface area contributed by atoms with Gasteiger partial charge < -0.3 is 4.74 Å². The number of nitriles is 1. The summed E-state index contributed by atoms with van der Waals surface area (Å²) in [7, 11) is 0. The molecule has 0 aromatic rings. The standard InChI is InChI=1S/C20H35NO/c1-2-3-5-17-7-9-18(10-8-17)6-4-15-22-20-13-11-19(16-21)12-14-20/h17-20H,2-15H2,1H3/t17-,18-,19-,20-. The third-order valence-corrected chi connectivity index (χ3v) is 5.90. The normalized spacial score (nSPS) is 32.5. The van der Waals surface area contributed by atoms with Crippen LogP contribution in [0, 0.1) is 29.1 Å². The Kier molecular flexibility index (Phi) is 8.31. The van der Waals surface area contributed by atoms with Crippen LogP contribution in [0.4, 0.5) is 0 Å². The van der Waals surface area contributed by atoms with Gasteiger partial charge in [-0.2, -0.15) is 5.26 Å². The molecule has 0 radical (unpaired) electrons. The minimum Gasteiger partial charge on any atom is -0.378 e. The SMILES string of the molecule is CCCC[C@H]1CC[C@H](CCCO[C@H]2CC[C@H](C#N)CC2)CC1. The molecule has 0 bridgehead atoms. The van der Waals surface area contributed by atoms with Crippen molar-refractivity contribution in [1.82, 2.24) is 0 Å². The molecule has 2 aliphatic rings. The van der Waals surface area contributed by atoms with Crippen molar-refractivity contribution in [3.05, 3.63) is 0 Å². The fourth-order valence-corrected chi connectivity index (χ4v) is 4.28. The zero-order valence-electron chi connectivity index (χ0n) is 14.6. The lowest BCUT2D eigenvalue weighted by Crippen LogP contribution is -2.22. The summed E-state index contributed by atoms with van der Waals surface area (Å²) in [5, 5.41) is 8.91. The summed E-state index contributed by atoms with van der Waals surface area (Å²) in [6.45, 7) is 3.25. The molecule has 2 aliphatic carbocycles. The van der Waals surface area contributed by atoms with Gasteiger partial charge in [-0.3, -0.25) is 0 Å². The van der Waals surface area contributed by atoms with Gasteiger partial charge in [-0.05, 0) is 50.4 Å². The highest BCUT2D eigenvalue weighted by atomic mass is 16.5. The van der Waals surface area contributed by atoms with Crippen LogP contribution in [0.3, 0.4) is 0 Å². The maximum absolute atomic E-state index is 8.91. The van der Waals surface area contributed by atoms with E-state index in [0.717, 1.165) is 44.1 Å². The van der Waals surface area contributed by atoms with E-state index in [9.17, 15) is 0 Å². The molecule has 0 unspecified atom stereocenters. The zero-order valence-corrected chi connectivity index (χ0v) is 14.6. The van der Waals surface area contributed by atoms with Crippen LogP contribution < -0.4 is 0 Å². The Hall–Kier alpha value is -0.550. The predicted octanol–water partition coefficient (Wildman–Crippen LogP) is 5.86. The second-order valence-corrected chi connectivity index (χ2v) is 7.64. The summed E-state index contributed by atoms with van der Waals surface area (Å²) in [6, 6.07) is 2.40. The van der Waals surface area contributed by atoms with Gasteiger partial charge in [0.15, 0.2) is 0 Å². The van der Waals surface area contributed by atoms with E-state index in [2.05, 4.69) is 13.0 Å². The second-order valence-electron chi connectivity index (χ2n) is 7.64. The van der Waals surface area contributed by atoms with Crippen LogP contribution in [-0.2, 0) is 4.74 Å². The van der Waals surface area contributed by atoms with E-state index in [0.29, 0.717) is 12.0 Å². The predicted molar refractivity (Wildman–Crippen MR) is 91.5 cm³/mol. The largest absolute Gasteiger partial charge is 0.378 e. The van der Waals surface area contributed by atoms with Crippen molar-refractivity contribution in [1.29, 1.82) is 5.26 Å². The van der Waals surface area contributed by atoms with Gasteiger partial charge in [0.2, 0.25) is 0 Å². The molecule has 2 nitrogen and oxygen atoms in total. The maximum atomic E-state index is 8.91. The summed E-state index contributed by atoms with van der Waals surface area (Å²) in [6.07, 6.45) is 17.5. The third-order valence-electron chi connectivity index (χ3n) is 5.90. The first-order valence-corrected chi connectivity index (χ1v) is 9.83. The Morgan fingerprint density at radius 2 is 1.45 bits per heavy atom. The molecule has 0 N–H and O–H groups in total. The summed E-state index contributed by atoms with van der Waals surface area (Å²) in [5.74, 6) is 2.29. The highest BCUT2D eigenvalue weighted by molar-refractivity contribution is 4.87. The van der Waals surface area contributed by atoms with Gasteiger partial charge >= 0.3 is 0 Å². The van der Waals surface area contributed by atoms with Crippen molar-refractivity contribution in [2.75, 3.05) is 6.61 Å². The fraction of sp³-hybridized carbons (Fsp3) is 0.950. The van der Waals surface area contributed by atoms with Gasteiger partial charge in [-0.25, -0.2) is 0 Å². The summed E-state index contributed by atoms with van der Waals surface area (Å²) >= 11 is 0. The molecule has 2 saturated carbocycles. The first-order chi connectivity index (χ1) is 10.8. The van der Waals surface area contributed by atoms with Gasteiger partial charge in [0.1, 0.15) is 0 Å². The number of hydrogen-bond donors (Lipinski definition) is 0. The molecule has 0 aromatic heterocycles. The molecule has 0 heterocycles. The van der Waals surface area contributed by atoms with Crippen LogP contribution in [0.5, 0.6) is 0 Å². The molecule has 0 aromatic carbocycles. The van der Waals surface area contributed by atoms with Crippen molar-refractivity contribution in [2.24, 2.45) is 17.8 Å². The van der Waals surface area contributed by atoms with Gasteiger partial charge in [-0.1, -0.05) is 51.9 Å². The van der Waals surface area contributed by atoms with Crippen molar-refractivity contribution in [3.63, 3.8) is 0 Å². The van der Waals surface area contributed by atoms with Gasteiger partial charge in [0.25, 0.3) is 0 Å². The number of nitrogens with zero attached hydrogens (tertiary/aromatic N) is 1. The molecule has 22 heavy (non-hydrogen) atoms. The molecule has 2 heteroatoms. The van der Waals surface area contributed by atoms with E-state index in [1.165, 1.54) is 57.8 Å². The van der Waals surface area contributed by atoms with E-state index >= 15 is 0 Å². The lowest BCUT2D eigenvalue weighted by molar-refractivity contribution is 0.0187. The van der Waals surface area contributed by atoms with Gasteiger partial charge in [0.05, 0.1) is 12.2 Å². The van der Waals surface area contributed by atoms with Crippen molar-refractivity contribution >= 4 is 0 Å². The number of ether oxygens (including phenoxy) is 1. The average molecular weight is 306 g/mol. The highest BCUT2D eigenvalue weighted by Gasteiger charge is 2.22. The highest BCUT2D eigenvalue weighted by Crippen LogP contribution is 2.34. The Labute approximate surface area is 137 Å². The van der Waals surface area contributed by atoms with Crippen LogP contribution in [0.25, 0.3) is 0 Å². The molecule has 2 fully saturated rings. The molecular weight excluding hydrogens is 270 g/mol. The first-order valence-electron chi connectivity index (χ1n) is 9.83. The lowest BCUT2D eigenvalue weighted by atomic mass is 9.78. The average Bonchev–Trinajstić information content (AvgIpc) is 2.58.